The van der Waals surface area contributed by atoms with Gasteiger partial charge in [0.25, 0.3) is 0 Å². The van der Waals surface area contributed by atoms with E-state index in [9.17, 15) is 0 Å². The van der Waals surface area contributed by atoms with Gasteiger partial charge in [-0.2, -0.15) is 0 Å². The van der Waals surface area contributed by atoms with E-state index in [-0.39, 0.29) is 0 Å². The molecule has 0 fully saturated rings. The molecule has 0 unspecified atom stereocenters. The third-order valence-corrected chi connectivity index (χ3v) is 3.19. The maximum absolute atomic E-state index is 4.40. The van der Waals surface area contributed by atoms with Crippen LogP contribution in [-0.4, -0.2) is 18.1 Å². The molecule has 0 bridgehead atoms. The van der Waals surface area contributed by atoms with Crippen molar-refractivity contribution in [1.82, 2.24) is 4.98 Å². The van der Waals surface area contributed by atoms with Gasteiger partial charge in [-0.3, -0.25) is 0 Å². The molecular weight excluding hydrogens is 252 g/mol. The van der Waals surface area contributed by atoms with E-state index in [2.05, 4.69) is 46.2 Å². The summed E-state index contributed by atoms with van der Waals surface area (Å²) in [5.41, 5.74) is 2.35. The molecule has 0 aliphatic rings. The van der Waals surface area contributed by atoms with Crippen LogP contribution in [0.15, 0.2) is 28.9 Å². The summed E-state index contributed by atoms with van der Waals surface area (Å²) in [4.78, 5) is 6.61. The lowest BCUT2D eigenvalue weighted by Gasteiger charge is -2.23. The van der Waals surface area contributed by atoms with Crippen molar-refractivity contribution in [2.75, 3.05) is 18.0 Å². The van der Waals surface area contributed by atoms with Gasteiger partial charge in [-0.15, -0.1) is 0 Å². The first kappa shape index (κ1) is 12.2. The second kappa shape index (κ2) is 5.31. The highest BCUT2D eigenvalue weighted by Gasteiger charge is 2.10. The molecule has 1 aromatic rings. The predicted molar refractivity (Wildman–Crippen MR) is 69.4 cm³/mol. The lowest BCUT2D eigenvalue weighted by molar-refractivity contribution is 0.854. The zero-order valence-electron chi connectivity index (χ0n) is 9.55. The van der Waals surface area contributed by atoms with E-state index in [1.54, 1.807) is 0 Å². The smallest absolute Gasteiger partial charge is 0.143 e. The standard InChI is InChI=1S/C12H17BrN2/c1-5-15(8-9(2)3)12-11(13)10(4)6-7-14-12/h6-7H,2,5,8H2,1,3-4H3. The average molecular weight is 269 g/mol. The molecule has 0 atom stereocenters. The van der Waals surface area contributed by atoms with E-state index in [1.807, 2.05) is 19.2 Å². The van der Waals surface area contributed by atoms with Gasteiger partial charge < -0.3 is 4.90 Å². The van der Waals surface area contributed by atoms with Crippen LogP contribution in [-0.2, 0) is 0 Å². The van der Waals surface area contributed by atoms with E-state index >= 15 is 0 Å². The number of anilines is 1. The van der Waals surface area contributed by atoms with Crippen LogP contribution in [0.3, 0.4) is 0 Å². The Bertz CT molecular complexity index is 361. The molecule has 15 heavy (non-hydrogen) atoms. The summed E-state index contributed by atoms with van der Waals surface area (Å²) in [6.45, 7) is 12.0. The van der Waals surface area contributed by atoms with Crippen LogP contribution >= 0.6 is 15.9 Å². The largest absolute Gasteiger partial charge is 0.352 e. The fourth-order valence-electron chi connectivity index (χ4n) is 1.41. The number of likely N-dealkylation sites (N-methyl/N-ethyl adjacent to an activating group) is 1. The van der Waals surface area contributed by atoms with Gasteiger partial charge >= 0.3 is 0 Å². The topological polar surface area (TPSA) is 16.1 Å². The van der Waals surface area contributed by atoms with Crippen molar-refractivity contribution in [2.45, 2.75) is 20.8 Å². The molecule has 2 nitrogen and oxygen atoms in total. The summed E-state index contributed by atoms with van der Waals surface area (Å²) in [5.74, 6) is 1.00. The Balaban J connectivity index is 3.01. The van der Waals surface area contributed by atoms with Gasteiger partial charge in [0.2, 0.25) is 0 Å². The summed E-state index contributed by atoms with van der Waals surface area (Å²) in [5, 5.41) is 0. The van der Waals surface area contributed by atoms with Crippen LogP contribution in [0, 0.1) is 6.92 Å². The molecule has 1 rings (SSSR count). The fourth-order valence-corrected chi connectivity index (χ4v) is 1.89. The molecule has 0 saturated heterocycles. The van der Waals surface area contributed by atoms with Crippen molar-refractivity contribution in [3.8, 4) is 0 Å². The summed E-state index contributed by atoms with van der Waals surface area (Å²) < 4.78 is 1.08. The normalized spacial score (nSPS) is 10.1. The van der Waals surface area contributed by atoms with Crippen molar-refractivity contribution in [2.24, 2.45) is 0 Å². The third-order valence-electron chi connectivity index (χ3n) is 2.21. The monoisotopic (exact) mass is 268 g/mol. The van der Waals surface area contributed by atoms with E-state index < -0.39 is 0 Å². The molecule has 0 saturated carbocycles. The SMILES string of the molecule is C=C(C)CN(CC)c1nccc(C)c1Br. The average Bonchev–Trinajstić information content (AvgIpc) is 2.19. The van der Waals surface area contributed by atoms with Gasteiger partial charge in [-0.05, 0) is 48.3 Å². The second-order valence-electron chi connectivity index (χ2n) is 3.74. The van der Waals surface area contributed by atoms with Crippen LogP contribution in [0.4, 0.5) is 5.82 Å². The first-order valence-electron chi connectivity index (χ1n) is 5.06. The maximum Gasteiger partial charge on any atom is 0.143 e. The number of nitrogens with zero attached hydrogens (tertiary/aromatic N) is 2. The van der Waals surface area contributed by atoms with Gasteiger partial charge in [0.1, 0.15) is 5.82 Å². The Hall–Kier alpha value is -0.830. The zero-order valence-corrected chi connectivity index (χ0v) is 11.1. The minimum Gasteiger partial charge on any atom is -0.352 e. The Kier molecular flexibility index (Phi) is 4.33. The van der Waals surface area contributed by atoms with Gasteiger partial charge in [-0.1, -0.05) is 12.2 Å². The summed E-state index contributed by atoms with van der Waals surface area (Å²) >= 11 is 3.58. The molecule has 3 heteroatoms. The molecule has 82 valence electrons. The zero-order chi connectivity index (χ0) is 11.4. The highest BCUT2D eigenvalue weighted by molar-refractivity contribution is 9.10. The van der Waals surface area contributed by atoms with Crippen molar-refractivity contribution >= 4 is 21.7 Å². The lowest BCUT2D eigenvalue weighted by Crippen LogP contribution is -2.25. The first-order valence-corrected chi connectivity index (χ1v) is 5.86. The molecule has 0 aromatic carbocycles. The maximum atomic E-state index is 4.40. The Morgan fingerprint density at radius 2 is 2.27 bits per heavy atom. The molecule has 0 amide bonds. The third kappa shape index (κ3) is 3.06. The Labute approximate surface area is 100 Å². The van der Waals surface area contributed by atoms with Crippen LogP contribution < -0.4 is 4.90 Å². The molecule has 0 N–H and O–H groups in total. The summed E-state index contributed by atoms with van der Waals surface area (Å²) in [7, 11) is 0. The second-order valence-corrected chi connectivity index (χ2v) is 4.53. The van der Waals surface area contributed by atoms with Crippen LogP contribution in [0.5, 0.6) is 0 Å². The highest BCUT2D eigenvalue weighted by Crippen LogP contribution is 2.26. The number of aromatic nitrogens is 1. The van der Waals surface area contributed by atoms with Crippen LogP contribution in [0.2, 0.25) is 0 Å². The molecule has 0 aliphatic heterocycles. The van der Waals surface area contributed by atoms with Crippen molar-refractivity contribution < 1.29 is 0 Å². The quantitative estimate of drug-likeness (QED) is 0.777. The van der Waals surface area contributed by atoms with Crippen molar-refractivity contribution in [3.05, 3.63) is 34.5 Å². The van der Waals surface area contributed by atoms with E-state index in [1.165, 1.54) is 5.56 Å². The number of hydrogen-bond acceptors (Lipinski definition) is 2. The molecule has 1 heterocycles. The van der Waals surface area contributed by atoms with Crippen LogP contribution in [0.1, 0.15) is 19.4 Å². The minimum atomic E-state index is 0.853. The fraction of sp³-hybridized carbons (Fsp3) is 0.417. The number of aryl methyl sites for hydroxylation is 1. The molecule has 0 spiro atoms. The first-order chi connectivity index (χ1) is 7.06. The van der Waals surface area contributed by atoms with Crippen LogP contribution in [0.25, 0.3) is 0 Å². The number of halogens is 1. The van der Waals surface area contributed by atoms with Crippen molar-refractivity contribution in [3.63, 3.8) is 0 Å². The molecular formula is C12H17BrN2. The Morgan fingerprint density at radius 1 is 1.60 bits per heavy atom. The number of pyridine rings is 1. The highest BCUT2D eigenvalue weighted by atomic mass is 79.9. The predicted octanol–water partition coefficient (Wildman–Crippen LogP) is 3.55. The minimum absolute atomic E-state index is 0.853. The molecule has 0 aliphatic carbocycles. The van der Waals surface area contributed by atoms with E-state index in [0.29, 0.717) is 0 Å². The summed E-state index contributed by atoms with van der Waals surface area (Å²) in [6.07, 6.45) is 1.84. The Morgan fingerprint density at radius 3 is 2.80 bits per heavy atom. The van der Waals surface area contributed by atoms with Gasteiger partial charge in [0.05, 0.1) is 4.47 Å². The van der Waals surface area contributed by atoms with Crippen molar-refractivity contribution in [1.29, 1.82) is 0 Å². The lowest BCUT2D eigenvalue weighted by atomic mass is 10.2. The number of hydrogen-bond donors (Lipinski definition) is 0. The summed E-state index contributed by atoms with van der Waals surface area (Å²) in [6, 6.07) is 2.00. The van der Waals surface area contributed by atoms with E-state index in [4.69, 9.17) is 0 Å². The van der Waals surface area contributed by atoms with E-state index in [0.717, 1.165) is 29.0 Å². The van der Waals surface area contributed by atoms with Gasteiger partial charge in [-0.25, -0.2) is 4.98 Å². The molecule has 1 aromatic heterocycles. The van der Waals surface area contributed by atoms with Gasteiger partial charge in [0.15, 0.2) is 0 Å². The number of rotatable bonds is 4. The molecule has 0 radical (unpaired) electrons. The van der Waals surface area contributed by atoms with Gasteiger partial charge in [0, 0.05) is 19.3 Å².